The van der Waals surface area contributed by atoms with Crippen LogP contribution in [0.25, 0.3) is 11.3 Å². The summed E-state index contributed by atoms with van der Waals surface area (Å²) < 4.78 is 16.9. The van der Waals surface area contributed by atoms with Crippen LogP contribution in [0.4, 0.5) is 22.7 Å². The Labute approximate surface area is 380 Å². The van der Waals surface area contributed by atoms with E-state index in [1.54, 1.807) is 65.4 Å². The zero-order valence-electron chi connectivity index (χ0n) is 35.3. The van der Waals surface area contributed by atoms with E-state index in [0.29, 0.717) is 58.0 Å². The van der Waals surface area contributed by atoms with Crippen molar-refractivity contribution in [1.29, 1.82) is 0 Å². The van der Waals surface area contributed by atoms with Gasteiger partial charge in [0.05, 0.1) is 37.0 Å². The number of thiazole rings is 1. The fraction of sp³-hybridized carbons (Fsp3) is 0.289. The van der Waals surface area contributed by atoms with E-state index in [9.17, 15) is 33.6 Å². The van der Waals surface area contributed by atoms with Crippen molar-refractivity contribution in [3.05, 3.63) is 97.1 Å². The molecule has 1 atom stereocenters. The second-order valence-corrected chi connectivity index (χ2v) is 16.7. The number of carbonyl (C=O) groups is 6. The van der Waals surface area contributed by atoms with Gasteiger partial charge in [-0.2, -0.15) is 10.2 Å². The van der Waals surface area contributed by atoms with Gasteiger partial charge in [-0.05, 0) is 61.0 Å². The molecule has 5 amide bonds. The molecule has 65 heavy (non-hydrogen) atoms. The third-order valence-corrected chi connectivity index (χ3v) is 11.8. The largest absolute Gasteiger partial charge is 0.493 e. The van der Waals surface area contributed by atoms with E-state index in [2.05, 4.69) is 36.2 Å². The van der Waals surface area contributed by atoms with Crippen LogP contribution in [0.15, 0.2) is 91.4 Å². The number of H-pyrrole nitrogens is 1. The summed E-state index contributed by atoms with van der Waals surface area (Å²) in [6.07, 6.45) is 3.11. The molecule has 7 rings (SSSR count). The lowest BCUT2D eigenvalue weighted by atomic mass is 10.0. The number of aromatic amines is 1. The number of imide groups is 1. The topological polar surface area (TPSA) is 239 Å². The lowest BCUT2D eigenvalue weighted by Crippen LogP contribution is -2.52. The van der Waals surface area contributed by atoms with E-state index in [1.807, 2.05) is 23.6 Å². The quantitative estimate of drug-likeness (QED) is 0.0277. The minimum atomic E-state index is -0.765. The van der Waals surface area contributed by atoms with E-state index in [4.69, 9.17) is 14.2 Å². The Balaban J connectivity index is 0.847. The Bertz CT molecular complexity index is 2700. The van der Waals surface area contributed by atoms with Crippen LogP contribution in [0.2, 0.25) is 0 Å². The van der Waals surface area contributed by atoms with Gasteiger partial charge in [0.2, 0.25) is 29.4 Å². The van der Waals surface area contributed by atoms with Gasteiger partial charge in [-0.15, -0.1) is 11.3 Å². The second-order valence-electron chi connectivity index (χ2n) is 14.9. The minimum absolute atomic E-state index is 0.0946. The number of ketones is 1. The first-order valence-corrected chi connectivity index (χ1v) is 22.3. The van der Waals surface area contributed by atoms with Crippen LogP contribution >= 0.6 is 22.7 Å². The van der Waals surface area contributed by atoms with Crippen molar-refractivity contribution in [3.8, 4) is 28.5 Å². The van der Waals surface area contributed by atoms with Crippen LogP contribution in [0.5, 0.6) is 17.2 Å². The van der Waals surface area contributed by atoms with Crippen LogP contribution < -0.4 is 35.0 Å². The number of methoxy groups -OCH3 is 2. The summed E-state index contributed by atoms with van der Waals surface area (Å²) in [5, 5.41) is 20.4. The Hall–Kier alpha value is -7.32. The van der Waals surface area contributed by atoms with Crippen molar-refractivity contribution in [3.63, 3.8) is 0 Å². The number of aromatic nitrogens is 1. The maximum atomic E-state index is 13.2. The Morgan fingerprint density at radius 1 is 0.892 bits per heavy atom. The molecule has 1 saturated heterocycles. The number of hydrogen-bond acceptors (Lipinski definition) is 15. The van der Waals surface area contributed by atoms with Gasteiger partial charge in [0, 0.05) is 89.8 Å². The number of carbonyl (C=O) groups excluding carboxylic acids is 6. The van der Waals surface area contributed by atoms with Gasteiger partial charge in [0.15, 0.2) is 17.3 Å². The van der Waals surface area contributed by atoms with Gasteiger partial charge < -0.3 is 34.7 Å². The van der Waals surface area contributed by atoms with Crippen LogP contribution in [0.1, 0.15) is 65.7 Å². The number of thiophene rings is 1. The van der Waals surface area contributed by atoms with Crippen LogP contribution in [0.3, 0.4) is 0 Å². The van der Waals surface area contributed by atoms with Gasteiger partial charge in [-0.3, -0.25) is 43.9 Å². The highest BCUT2D eigenvalue weighted by Gasteiger charge is 2.40. The number of amides is 5. The molecule has 2 aromatic heterocycles. The normalized spacial score (nSPS) is 14.7. The molecule has 1 fully saturated rings. The Morgan fingerprint density at radius 2 is 1.69 bits per heavy atom. The van der Waals surface area contributed by atoms with Crippen LogP contribution in [0, 0.1) is 0 Å². The second kappa shape index (κ2) is 21.4. The first-order chi connectivity index (χ1) is 31.5. The van der Waals surface area contributed by atoms with Crippen molar-refractivity contribution in [2.24, 2.45) is 15.2 Å². The predicted molar refractivity (Wildman–Crippen MR) is 243 cm³/mol. The summed E-state index contributed by atoms with van der Waals surface area (Å²) in [5.74, 6) is -1.31. The first kappa shape index (κ1) is 45.7. The number of aliphatic imine (C=N–C) groups is 1. The highest BCUT2D eigenvalue weighted by atomic mass is 32.1. The Kier molecular flexibility index (Phi) is 15.0. The van der Waals surface area contributed by atoms with Crippen molar-refractivity contribution >= 4 is 87.0 Å². The molecule has 336 valence electrons. The number of rotatable bonds is 20. The lowest BCUT2D eigenvalue weighted by molar-refractivity contribution is -0.137. The zero-order chi connectivity index (χ0) is 45.9. The zero-order valence-corrected chi connectivity index (χ0v) is 37.0. The summed E-state index contributed by atoms with van der Waals surface area (Å²) in [4.78, 5) is 96.9. The van der Waals surface area contributed by atoms with Crippen molar-refractivity contribution in [2.75, 3.05) is 32.7 Å². The number of anilines is 1. The number of benzene rings is 3. The Morgan fingerprint density at radius 3 is 2.42 bits per heavy atom. The van der Waals surface area contributed by atoms with Crippen LogP contribution in [-0.4, -0.2) is 84.8 Å². The molecule has 2 aliphatic rings. The molecular formula is C45H44N8O10S2. The van der Waals surface area contributed by atoms with E-state index < -0.39 is 11.9 Å². The number of piperidine rings is 1. The standard InChI is InChI=1S/C45H44N8O10S2/c1-61-37-20-29(51-52-34-10-3-9-32-33(34)23-53(44(32)59)36-13-14-41(57)50-43(36)58)21-38(62-2)42(37)63-24-30(54)7-5-15-46-39(55)11-4-12-40(56)48-28-18-26(35-25-65-45(60)49-35)17-27(19-28)47-22-31-8-6-16-64-31/h3,6,8-10,16-22,25,36H,4-5,7,11-15,23-24H2,1-2H3,(H,46,55)(H,48,56)(H,49,60)(H,50,57,58). The van der Waals surface area contributed by atoms with Gasteiger partial charge in [0.1, 0.15) is 12.6 Å². The SMILES string of the molecule is COc1cc(N=Nc2cccc3c2CN(C2CCC(=O)NC2=O)C3=O)cc(OC)c1OCC(=O)CCCNC(=O)CCCC(=O)Nc1cc(N=Cc2cccs2)cc(-c2csc(=O)[nH]2)c1. The van der Waals surface area contributed by atoms with Gasteiger partial charge >= 0.3 is 4.87 Å². The first-order valence-electron chi connectivity index (χ1n) is 20.5. The number of nitrogens with one attached hydrogen (secondary N) is 4. The fourth-order valence-corrected chi connectivity index (χ4v) is 8.31. The number of azo groups is 1. The summed E-state index contributed by atoms with van der Waals surface area (Å²) in [6.45, 7) is 0.0928. The summed E-state index contributed by atoms with van der Waals surface area (Å²) in [6, 6.07) is 16.6. The molecule has 3 aromatic carbocycles. The number of nitrogens with zero attached hydrogens (tertiary/aromatic N) is 4. The molecule has 18 nitrogen and oxygen atoms in total. The summed E-state index contributed by atoms with van der Waals surface area (Å²) in [7, 11) is 2.85. The van der Waals surface area contributed by atoms with Crippen molar-refractivity contribution in [2.45, 2.75) is 57.5 Å². The maximum Gasteiger partial charge on any atom is 0.304 e. The number of Topliss-reactive ketones (excluding diaryl/α,β-unsaturated/α-hetero) is 1. The molecule has 5 aromatic rings. The summed E-state index contributed by atoms with van der Waals surface area (Å²) in [5.41, 5.74) is 4.15. The molecule has 20 heteroatoms. The highest BCUT2D eigenvalue weighted by molar-refractivity contribution is 7.11. The molecule has 0 saturated carbocycles. The highest BCUT2D eigenvalue weighted by Crippen LogP contribution is 2.42. The average Bonchev–Trinajstić information content (AvgIpc) is 4.06. The van der Waals surface area contributed by atoms with Crippen molar-refractivity contribution in [1.82, 2.24) is 20.5 Å². The molecular weight excluding hydrogens is 877 g/mol. The molecule has 0 spiro atoms. The monoisotopic (exact) mass is 920 g/mol. The smallest absolute Gasteiger partial charge is 0.304 e. The van der Waals surface area contributed by atoms with E-state index in [1.165, 1.54) is 19.1 Å². The molecule has 0 radical (unpaired) electrons. The number of fused-ring (bicyclic) bond motifs is 1. The summed E-state index contributed by atoms with van der Waals surface area (Å²) >= 11 is 2.58. The third kappa shape index (κ3) is 11.8. The van der Waals surface area contributed by atoms with Gasteiger partial charge in [-0.25, -0.2) is 0 Å². The van der Waals surface area contributed by atoms with Gasteiger partial charge in [-0.1, -0.05) is 23.5 Å². The fourth-order valence-electron chi connectivity index (χ4n) is 7.14. The van der Waals surface area contributed by atoms with E-state index in [0.717, 1.165) is 16.2 Å². The number of hydrogen-bond donors (Lipinski definition) is 4. The third-order valence-electron chi connectivity index (χ3n) is 10.3. The number of ether oxygens (including phenoxy) is 3. The average molecular weight is 921 g/mol. The molecule has 1 unspecified atom stereocenters. The molecule has 4 N–H and O–H groups in total. The lowest BCUT2D eigenvalue weighted by Gasteiger charge is -2.29. The van der Waals surface area contributed by atoms with Crippen molar-refractivity contribution < 1.29 is 43.0 Å². The maximum absolute atomic E-state index is 13.2. The molecule has 0 aliphatic carbocycles. The predicted octanol–water partition coefficient (Wildman–Crippen LogP) is 6.76. The molecule has 4 heterocycles. The van der Waals surface area contributed by atoms with Gasteiger partial charge in [0.25, 0.3) is 5.91 Å². The minimum Gasteiger partial charge on any atom is -0.493 e. The van der Waals surface area contributed by atoms with E-state index >= 15 is 0 Å². The van der Waals surface area contributed by atoms with E-state index in [-0.39, 0.29) is 103 Å². The molecule has 0 bridgehead atoms. The van der Waals surface area contributed by atoms with Crippen LogP contribution in [-0.2, 0) is 30.5 Å². The molecule has 2 aliphatic heterocycles.